The largest absolute Gasteiger partial charge is 0.321 e. The van der Waals surface area contributed by atoms with Crippen molar-refractivity contribution in [3.05, 3.63) is 24.4 Å². The second-order valence-corrected chi connectivity index (χ2v) is 4.71. The number of fused-ring (bicyclic) bond motifs is 1. The molecular weight excluding hydrogens is 190 g/mol. The molecule has 5 nitrogen and oxygen atoms in total. The van der Waals surface area contributed by atoms with E-state index in [1.165, 1.54) is 0 Å². The molecule has 1 atom stereocenters. The van der Waals surface area contributed by atoms with Gasteiger partial charge in [-0.2, -0.15) is 0 Å². The van der Waals surface area contributed by atoms with Crippen LogP contribution in [0, 0.1) is 5.41 Å². The van der Waals surface area contributed by atoms with Crippen LogP contribution in [0.1, 0.15) is 32.6 Å². The van der Waals surface area contributed by atoms with Crippen molar-refractivity contribution in [3.8, 4) is 0 Å². The maximum absolute atomic E-state index is 6.13. The van der Waals surface area contributed by atoms with Crippen molar-refractivity contribution in [3.63, 3.8) is 0 Å². The van der Waals surface area contributed by atoms with E-state index in [1.807, 2.05) is 10.5 Å². The van der Waals surface area contributed by atoms with Crippen molar-refractivity contribution in [2.75, 3.05) is 0 Å². The summed E-state index contributed by atoms with van der Waals surface area (Å²) in [7, 11) is 0. The molecule has 1 unspecified atom stereocenters. The Balaban J connectivity index is 2.53. The maximum Gasteiger partial charge on any atom is 0.163 e. The topological polar surface area (TPSA) is 69.1 Å². The van der Waals surface area contributed by atoms with Crippen LogP contribution in [0.4, 0.5) is 0 Å². The molecule has 0 aliphatic rings. The summed E-state index contributed by atoms with van der Waals surface area (Å²) >= 11 is 0. The highest BCUT2D eigenvalue weighted by atomic mass is 15.3. The number of hydrogen-bond donors (Lipinski definition) is 1. The van der Waals surface area contributed by atoms with Crippen molar-refractivity contribution >= 4 is 5.65 Å². The maximum atomic E-state index is 6.13. The minimum atomic E-state index is -0.156. The van der Waals surface area contributed by atoms with E-state index in [9.17, 15) is 0 Å². The summed E-state index contributed by atoms with van der Waals surface area (Å²) in [4.78, 5) is 4.04. The molecule has 0 amide bonds. The molecule has 0 aromatic carbocycles. The standard InChI is InChI=1S/C10H15N5/c1-10(2,3)8(11)9-14-13-7-4-5-12-6-15(7)9/h4-6,8H,11H2,1-3H3. The number of hydrogen-bond acceptors (Lipinski definition) is 4. The van der Waals surface area contributed by atoms with Gasteiger partial charge in [0, 0.05) is 12.3 Å². The summed E-state index contributed by atoms with van der Waals surface area (Å²) in [6.45, 7) is 6.24. The minimum Gasteiger partial charge on any atom is -0.321 e. The van der Waals surface area contributed by atoms with E-state index in [0.717, 1.165) is 11.5 Å². The summed E-state index contributed by atoms with van der Waals surface area (Å²) in [5, 5.41) is 8.16. The third kappa shape index (κ3) is 1.70. The average Bonchev–Trinajstić information content (AvgIpc) is 2.58. The van der Waals surface area contributed by atoms with Crippen LogP contribution in [0.5, 0.6) is 0 Å². The Labute approximate surface area is 88.3 Å². The lowest BCUT2D eigenvalue weighted by molar-refractivity contribution is 0.313. The van der Waals surface area contributed by atoms with E-state index in [-0.39, 0.29) is 11.5 Å². The van der Waals surface area contributed by atoms with Crippen LogP contribution in [0.2, 0.25) is 0 Å². The lowest BCUT2D eigenvalue weighted by Crippen LogP contribution is -2.28. The molecule has 0 radical (unpaired) electrons. The molecule has 2 N–H and O–H groups in total. The van der Waals surface area contributed by atoms with Crippen LogP contribution in [0.15, 0.2) is 18.6 Å². The first-order valence-electron chi connectivity index (χ1n) is 4.90. The third-order valence-electron chi connectivity index (χ3n) is 2.45. The van der Waals surface area contributed by atoms with E-state index < -0.39 is 0 Å². The Bertz CT molecular complexity index is 468. The zero-order chi connectivity index (χ0) is 11.1. The smallest absolute Gasteiger partial charge is 0.163 e. The van der Waals surface area contributed by atoms with Gasteiger partial charge < -0.3 is 5.73 Å². The third-order valence-corrected chi connectivity index (χ3v) is 2.45. The van der Waals surface area contributed by atoms with Crippen LogP contribution in [0.25, 0.3) is 5.65 Å². The molecule has 0 fully saturated rings. The number of nitrogens with two attached hydrogens (primary N) is 1. The Kier molecular flexibility index (Phi) is 2.19. The van der Waals surface area contributed by atoms with Crippen molar-refractivity contribution in [1.29, 1.82) is 0 Å². The number of aromatic nitrogens is 4. The van der Waals surface area contributed by atoms with E-state index in [1.54, 1.807) is 12.5 Å². The molecule has 5 heteroatoms. The molecule has 0 saturated carbocycles. The Hall–Kier alpha value is -1.49. The predicted octanol–water partition coefficient (Wildman–Crippen LogP) is 1.17. The number of nitrogens with zero attached hydrogens (tertiary/aromatic N) is 4. The van der Waals surface area contributed by atoms with Crippen LogP contribution in [0.3, 0.4) is 0 Å². The average molecular weight is 205 g/mol. The molecule has 15 heavy (non-hydrogen) atoms. The minimum absolute atomic E-state index is 0.0429. The first-order valence-corrected chi connectivity index (χ1v) is 4.90. The van der Waals surface area contributed by atoms with Gasteiger partial charge in [0.25, 0.3) is 0 Å². The van der Waals surface area contributed by atoms with E-state index in [2.05, 4.69) is 36.0 Å². The Morgan fingerprint density at radius 1 is 1.33 bits per heavy atom. The highest BCUT2D eigenvalue weighted by molar-refractivity contribution is 5.35. The van der Waals surface area contributed by atoms with Crippen LogP contribution in [-0.2, 0) is 0 Å². The number of rotatable bonds is 1. The van der Waals surface area contributed by atoms with Gasteiger partial charge in [-0.05, 0) is 5.41 Å². The summed E-state index contributed by atoms with van der Waals surface area (Å²) in [5.41, 5.74) is 6.87. The van der Waals surface area contributed by atoms with E-state index >= 15 is 0 Å². The monoisotopic (exact) mass is 205 g/mol. The first-order chi connectivity index (χ1) is 7.00. The Morgan fingerprint density at radius 2 is 2.07 bits per heavy atom. The highest BCUT2D eigenvalue weighted by Crippen LogP contribution is 2.29. The molecule has 2 aromatic heterocycles. The molecule has 0 aliphatic carbocycles. The molecule has 0 aliphatic heterocycles. The summed E-state index contributed by atoms with van der Waals surface area (Å²) in [6.07, 6.45) is 3.38. The van der Waals surface area contributed by atoms with Gasteiger partial charge in [-0.25, -0.2) is 4.98 Å². The molecule has 2 heterocycles. The summed E-state index contributed by atoms with van der Waals surface area (Å²) < 4.78 is 1.83. The van der Waals surface area contributed by atoms with Crippen molar-refractivity contribution in [2.45, 2.75) is 26.8 Å². The second kappa shape index (κ2) is 3.27. The fraction of sp³-hybridized carbons (Fsp3) is 0.500. The molecule has 2 aromatic rings. The molecule has 80 valence electrons. The van der Waals surface area contributed by atoms with Gasteiger partial charge in [0.1, 0.15) is 6.33 Å². The summed E-state index contributed by atoms with van der Waals surface area (Å²) in [6, 6.07) is 1.66. The normalized spacial score (nSPS) is 14.4. The van der Waals surface area contributed by atoms with Gasteiger partial charge in [-0.1, -0.05) is 20.8 Å². The van der Waals surface area contributed by atoms with Gasteiger partial charge in [0.05, 0.1) is 6.04 Å². The Morgan fingerprint density at radius 3 is 2.73 bits per heavy atom. The van der Waals surface area contributed by atoms with Gasteiger partial charge in [0.2, 0.25) is 0 Å². The summed E-state index contributed by atoms with van der Waals surface area (Å²) in [5.74, 6) is 0.755. The highest BCUT2D eigenvalue weighted by Gasteiger charge is 2.26. The second-order valence-electron chi connectivity index (χ2n) is 4.71. The quantitative estimate of drug-likeness (QED) is 0.758. The van der Waals surface area contributed by atoms with E-state index in [4.69, 9.17) is 5.73 Å². The fourth-order valence-electron chi connectivity index (χ4n) is 1.36. The van der Waals surface area contributed by atoms with Crippen molar-refractivity contribution in [2.24, 2.45) is 11.1 Å². The first kappa shape index (κ1) is 10.0. The lowest BCUT2D eigenvalue weighted by atomic mass is 9.87. The molecule has 0 bridgehead atoms. The van der Waals surface area contributed by atoms with Gasteiger partial charge >= 0.3 is 0 Å². The van der Waals surface area contributed by atoms with Crippen molar-refractivity contribution < 1.29 is 0 Å². The molecular formula is C10H15N5. The van der Waals surface area contributed by atoms with Gasteiger partial charge in [-0.3, -0.25) is 4.40 Å². The zero-order valence-electron chi connectivity index (χ0n) is 9.18. The van der Waals surface area contributed by atoms with Gasteiger partial charge in [0.15, 0.2) is 11.5 Å². The van der Waals surface area contributed by atoms with Crippen molar-refractivity contribution in [1.82, 2.24) is 19.6 Å². The van der Waals surface area contributed by atoms with E-state index in [0.29, 0.717) is 0 Å². The molecule has 0 spiro atoms. The zero-order valence-corrected chi connectivity index (χ0v) is 9.18. The van der Waals surface area contributed by atoms with Gasteiger partial charge in [-0.15, -0.1) is 10.2 Å². The van der Waals surface area contributed by atoms with Crippen LogP contribution in [-0.4, -0.2) is 19.6 Å². The van der Waals surface area contributed by atoms with Crippen LogP contribution >= 0.6 is 0 Å². The fourth-order valence-corrected chi connectivity index (χ4v) is 1.36. The predicted molar refractivity (Wildman–Crippen MR) is 57.2 cm³/mol. The lowest BCUT2D eigenvalue weighted by Gasteiger charge is -2.25. The van der Waals surface area contributed by atoms with Crippen LogP contribution < -0.4 is 5.73 Å². The molecule has 0 saturated heterocycles. The SMILES string of the molecule is CC(C)(C)C(N)c1nnc2ccncn12. The molecule has 2 rings (SSSR count).